The van der Waals surface area contributed by atoms with Crippen molar-refractivity contribution in [1.82, 2.24) is 20.5 Å². The van der Waals surface area contributed by atoms with Crippen LogP contribution in [0.2, 0.25) is 0 Å². The Hall–Kier alpha value is -3.27. The highest BCUT2D eigenvalue weighted by molar-refractivity contribution is 5.93. The Balaban J connectivity index is 1.87. The van der Waals surface area contributed by atoms with Crippen molar-refractivity contribution in [1.29, 1.82) is 0 Å². The molecule has 2 amide bonds. The summed E-state index contributed by atoms with van der Waals surface area (Å²) in [4.78, 5) is 16.3. The number of rotatable bonds is 6. The highest BCUT2D eigenvalue weighted by Crippen LogP contribution is 2.33. The van der Waals surface area contributed by atoms with Gasteiger partial charge in [-0.1, -0.05) is 30.3 Å². The fourth-order valence-electron chi connectivity index (χ4n) is 3.01. The Kier molecular flexibility index (Phi) is 5.64. The minimum Gasteiger partial charge on any atom is -0.479 e. The van der Waals surface area contributed by atoms with Gasteiger partial charge in [0, 0.05) is 6.07 Å². The third-order valence-corrected chi connectivity index (χ3v) is 4.30. The molecule has 0 fully saturated rings. The molecule has 2 heterocycles. The number of benzene rings is 1. The summed E-state index contributed by atoms with van der Waals surface area (Å²) in [5.74, 6) is -0.107. The van der Waals surface area contributed by atoms with Crippen LogP contribution in [0.1, 0.15) is 37.6 Å². The van der Waals surface area contributed by atoms with Crippen LogP contribution in [0.3, 0.4) is 0 Å². The summed E-state index contributed by atoms with van der Waals surface area (Å²) in [5, 5.41) is 22.0. The Morgan fingerprint density at radius 1 is 1.28 bits per heavy atom. The first-order chi connectivity index (χ1) is 13.7. The third kappa shape index (κ3) is 4.43. The topological polar surface area (TPSA) is 112 Å². The van der Waals surface area contributed by atoms with Crippen LogP contribution in [0.4, 0.5) is 19.4 Å². The van der Waals surface area contributed by atoms with Crippen molar-refractivity contribution in [2.24, 2.45) is 0 Å². The summed E-state index contributed by atoms with van der Waals surface area (Å²) in [7, 11) is 1.31. The molecule has 0 aliphatic carbocycles. The molecule has 1 atom stereocenters. The number of H-pyrrole nitrogens is 1. The van der Waals surface area contributed by atoms with Crippen molar-refractivity contribution < 1.29 is 23.4 Å². The predicted molar refractivity (Wildman–Crippen MR) is 103 cm³/mol. The first kappa shape index (κ1) is 20.5. The Morgan fingerprint density at radius 2 is 1.97 bits per heavy atom. The minimum atomic E-state index is -2.90. The number of alkyl halides is 2. The van der Waals surface area contributed by atoms with Crippen molar-refractivity contribution in [2.75, 3.05) is 12.4 Å². The number of aromatic amines is 1. The molecule has 0 aliphatic rings. The van der Waals surface area contributed by atoms with E-state index in [-0.39, 0.29) is 22.6 Å². The molecular weight excluding hydrogens is 384 g/mol. The summed E-state index contributed by atoms with van der Waals surface area (Å²) in [6, 6.07) is 8.83. The smallest absolute Gasteiger partial charge is 0.320 e. The second-order valence-corrected chi connectivity index (χ2v) is 6.94. The average molecular weight is 405 g/mol. The first-order valence-corrected chi connectivity index (χ1v) is 8.76. The van der Waals surface area contributed by atoms with E-state index in [1.807, 2.05) is 6.07 Å². The molecule has 1 aromatic carbocycles. The molecule has 10 heteroatoms. The van der Waals surface area contributed by atoms with Crippen LogP contribution >= 0.6 is 0 Å². The number of urea groups is 1. The van der Waals surface area contributed by atoms with Crippen molar-refractivity contribution in [3.63, 3.8) is 0 Å². The van der Waals surface area contributed by atoms with E-state index in [1.54, 1.807) is 38.1 Å². The number of aliphatic hydroxyl groups is 1. The number of carbonyl (C=O) groups excluding carboxylic acids is 1. The van der Waals surface area contributed by atoms with Gasteiger partial charge in [-0.05, 0) is 19.4 Å². The molecule has 2 aromatic heterocycles. The zero-order valence-electron chi connectivity index (χ0n) is 16.0. The molecule has 154 valence electrons. The van der Waals surface area contributed by atoms with Gasteiger partial charge in [-0.25, -0.2) is 18.6 Å². The van der Waals surface area contributed by atoms with E-state index < -0.39 is 29.8 Å². The van der Waals surface area contributed by atoms with Gasteiger partial charge >= 0.3 is 6.03 Å². The van der Waals surface area contributed by atoms with Crippen LogP contribution in [-0.2, 0) is 0 Å². The fourth-order valence-corrected chi connectivity index (χ4v) is 3.01. The zero-order chi connectivity index (χ0) is 21.2. The zero-order valence-corrected chi connectivity index (χ0v) is 16.0. The molecule has 29 heavy (non-hydrogen) atoms. The molecule has 0 radical (unpaired) electrons. The molecule has 8 nitrogen and oxygen atoms in total. The molecule has 3 aromatic rings. The lowest BCUT2D eigenvalue weighted by Gasteiger charge is -2.30. The second-order valence-electron chi connectivity index (χ2n) is 6.94. The van der Waals surface area contributed by atoms with Gasteiger partial charge in [0.2, 0.25) is 5.88 Å². The highest BCUT2D eigenvalue weighted by Gasteiger charge is 2.30. The standard InChI is InChI=1S/C19H21F2N5O3/c1-19(2,28)15(10-7-5-4-6-8-10)24-18(27)23-12-9-11-13(14(22-12)16(20)21)17(29-3)26-25-11/h4-9,15-16,28H,1-3H3,(H,25,26)(H2,22,23,24,27)/t15-/m0/s1. The monoisotopic (exact) mass is 405 g/mol. The molecule has 3 rings (SSSR count). The third-order valence-electron chi connectivity index (χ3n) is 4.30. The van der Waals surface area contributed by atoms with Crippen LogP contribution in [0, 0.1) is 0 Å². The lowest BCUT2D eigenvalue weighted by Crippen LogP contribution is -2.44. The van der Waals surface area contributed by atoms with E-state index in [0.29, 0.717) is 5.56 Å². The molecule has 0 spiro atoms. The second kappa shape index (κ2) is 8.00. The normalized spacial score (nSPS) is 12.8. The van der Waals surface area contributed by atoms with Crippen LogP contribution in [0.25, 0.3) is 10.9 Å². The van der Waals surface area contributed by atoms with Crippen molar-refractivity contribution in [2.45, 2.75) is 31.9 Å². The summed E-state index contributed by atoms with van der Waals surface area (Å²) in [6.45, 7) is 3.11. The summed E-state index contributed by atoms with van der Waals surface area (Å²) >= 11 is 0. The summed E-state index contributed by atoms with van der Waals surface area (Å²) in [6.07, 6.45) is -2.90. The molecular formula is C19H21F2N5O3. The lowest BCUT2D eigenvalue weighted by molar-refractivity contribution is 0.0415. The number of hydrogen-bond donors (Lipinski definition) is 4. The molecule has 0 saturated carbocycles. The maximum Gasteiger partial charge on any atom is 0.320 e. The van der Waals surface area contributed by atoms with Crippen LogP contribution < -0.4 is 15.4 Å². The number of hydrogen-bond acceptors (Lipinski definition) is 5. The SMILES string of the molecule is COc1n[nH]c2cc(NC(=O)N[C@@H](c3ccccc3)C(C)(C)O)nc(C(F)F)c12. The minimum absolute atomic E-state index is 0.00928. The van der Waals surface area contributed by atoms with Crippen molar-refractivity contribution in [3.8, 4) is 5.88 Å². The fraction of sp³-hybridized carbons (Fsp3) is 0.316. The van der Waals surface area contributed by atoms with Gasteiger partial charge in [-0.3, -0.25) is 10.4 Å². The van der Waals surface area contributed by atoms with Gasteiger partial charge < -0.3 is 15.2 Å². The first-order valence-electron chi connectivity index (χ1n) is 8.76. The van der Waals surface area contributed by atoms with E-state index in [1.165, 1.54) is 13.2 Å². The average Bonchev–Trinajstić information content (AvgIpc) is 3.08. The number of aromatic nitrogens is 3. The van der Waals surface area contributed by atoms with Gasteiger partial charge in [0.05, 0.1) is 29.7 Å². The van der Waals surface area contributed by atoms with E-state index in [2.05, 4.69) is 25.8 Å². The highest BCUT2D eigenvalue weighted by atomic mass is 19.3. The number of ether oxygens (including phenoxy) is 1. The quantitative estimate of drug-likeness (QED) is 0.501. The number of amides is 2. The largest absolute Gasteiger partial charge is 0.479 e. The molecule has 0 bridgehead atoms. The Labute approximate surface area is 165 Å². The number of nitrogens with zero attached hydrogens (tertiary/aromatic N) is 2. The number of nitrogens with one attached hydrogen (secondary N) is 3. The predicted octanol–water partition coefficient (Wildman–Crippen LogP) is 3.54. The molecule has 4 N–H and O–H groups in total. The number of anilines is 1. The van der Waals surface area contributed by atoms with Crippen molar-refractivity contribution in [3.05, 3.63) is 47.7 Å². The van der Waals surface area contributed by atoms with Gasteiger partial charge in [0.1, 0.15) is 11.5 Å². The lowest BCUT2D eigenvalue weighted by atomic mass is 9.92. The number of methoxy groups -OCH3 is 1. The van der Waals surface area contributed by atoms with Crippen LogP contribution in [-0.4, -0.2) is 39.0 Å². The van der Waals surface area contributed by atoms with Gasteiger partial charge in [0.25, 0.3) is 6.43 Å². The van der Waals surface area contributed by atoms with E-state index >= 15 is 0 Å². The van der Waals surface area contributed by atoms with Gasteiger partial charge in [-0.15, -0.1) is 5.10 Å². The number of halogens is 2. The van der Waals surface area contributed by atoms with Gasteiger partial charge in [-0.2, -0.15) is 0 Å². The Morgan fingerprint density at radius 3 is 2.55 bits per heavy atom. The molecule has 0 unspecified atom stereocenters. The molecule has 0 aliphatic heterocycles. The maximum atomic E-state index is 13.5. The van der Waals surface area contributed by atoms with Gasteiger partial charge in [0.15, 0.2) is 0 Å². The Bertz CT molecular complexity index is 1000. The van der Waals surface area contributed by atoms with Crippen LogP contribution in [0.5, 0.6) is 5.88 Å². The van der Waals surface area contributed by atoms with E-state index in [0.717, 1.165) is 0 Å². The summed E-state index contributed by atoms with van der Waals surface area (Å²) in [5.41, 5.74) is -0.916. The van der Waals surface area contributed by atoms with Crippen LogP contribution in [0.15, 0.2) is 36.4 Å². The molecule has 0 saturated heterocycles. The van der Waals surface area contributed by atoms with E-state index in [9.17, 15) is 18.7 Å². The van der Waals surface area contributed by atoms with E-state index in [4.69, 9.17) is 4.74 Å². The number of fused-ring (bicyclic) bond motifs is 1. The number of pyridine rings is 1. The summed E-state index contributed by atoms with van der Waals surface area (Å²) < 4.78 is 31.9. The number of carbonyl (C=O) groups is 1. The maximum absolute atomic E-state index is 13.5. The van der Waals surface area contributed by atoms with Crippen molar-refractivity contribution >= 4 is 22.8 Å².